The minimum atomic E-state index is -3.62. The predicted molar refractivity (Wildman–Crippen MR) is 77.4 cm³/mol. The zero-order valence-electron chi connectivity index (χ0n) is 12.1. The second-order valence-corrected chi connectivity index (χ2v) is 6.55. The van der Waals surface area contributed by atoms with Crippen LogP contribution in [0.2, 0.25) is 0 Å². The molecule has 2 aromatic heterocycles. The molecule has 0 saturated heterocycles. The van der Waals surface area contributed by atoms with Crippen molar-refractivity contribution < 1.29 is 13.2 Å². The van der Waals surface area contributed by atoms with Gasteiger partial charge in [-0.25, -0.2) is 18.1 Å². The molecule has 0 amide bonds. The predicted octanol–water partition coefficient (Wildman–Crippen LogP) is 1.38. The van der Waals surface area contributed by atoms with Gasteiger partial charge in [0.25, 0.3) is 0 Å². The highest BCUT2D eigenvalue weighted by Gasteiger charge is 2.19. The molecule has 0 unspecified atom stereocenters. The lowest BCUT2D eigenvalue weighted by Crippen LogP contribution is -2.24. The Morgan fingerprint density at radius 2 is 2.19 bits per heavy atom. The van der Waals surface area contributed by atoms with Crippen LogP contribution in [0.25, 0.3) is 0 Å². The Balaban J connectivity index is 2.15. The average molecular weight is 310 g/mol. The van der Waals surface area contributed by atoms with Gasteiger partial charge in [0.1, 0.15) is 4.90 Å². The number of nitrogens with zero attached hydrogens (tertiary/aromatic N) is 2. The minimum Gasteiger partial charge on any atom is -0.475 e. The van der Waals surface area contributed by atoms with Crippen molar-refractivity contribution in [3.05, 3.63) is 35.8 Å². The van der Waals surface area contributed by atoms with E-state index in [1.54, 1.807) is 25.3 Å². The normalized spacial score (nSPS) is 11.8. The topological polar surface area (TPSA) is 97.0 Å². The first-order valence-electron chi connectivity index (χ1n) is 6.50. The van der Waals surface area contributed by atoms with Gasteiger partial charge in [0.15, 0.2) is 0 Å². The van der Waals surface area contributed by atoms with Crippen LogP contribution in [0.5, 0.6) is 5.88 Å². The number of aromatic nitrogens is 3. The molecule has 0 aromatic carbocycles. The second kappa shape index (κ2) is 6.23. The van der Waals surface area contributed by atoms with Crippen LogP contribution in [0.4, 0.5) is 0 Å². The summed E-state index contributed by atoms with van der Waals surface area (Å²) in [5, 5.41) is 6.32. The Morgan fingerprint density at radius 1 is 1.43 bits per heavy atom. The summed E-state index contributed by atoms with van der Waals surface area (Å²) in [6.07, 6.45) is 2.86. The van der Waals surface area contributed by atoms with E-state index in [4.69, 9.17) is 4.74 Å². The fourth-order valence-corrected chi connectivity index (χ4v) is 2.89. The SMILES string of the molecule is Cc1[nH]ncc1S(=O)(=O)NCc1cccnc1OC(C)C. The lowest BCUT2D eigenvalue weighted by molar-refractivity contribution is 0.230. The zero-order chi connectivity index (χ0) is 15.5. The number of aryl methyl sites for hydroxylation is 1. The maximum absolute atomic E-state index is 12.2. The van der Waals surface area contributed by atoms with Crippen LogP contribution >= 0.6 is 0 Å². The van der Waals surface area contributed by atoms with E-state index in [1.165, 1.54) is 6.20 Å². The minimum absolute atomic E-state index is 0.0358. The van der Waals surface area contributed by atoms with Crippen LogP contribution in [0.1, 0.15) is 25.1 Å². The fourth-order valence-electron chi connectivity index (χ4n) is 1.75. The van der Waals surface area contributed by atoms with E-state index in [9.17, 15) is 8.42 Å². The van der Waals surface area contributed by atoms with Crippen LogP contribution < -0.4 is 9.46 Å². The summed E-state index contributed by atoms with van der Waals surface area (Å²) in [5.74, 6) is 0.430. The molecule has 0 aliphatic heterocycles. The number of aromatic amines is 1. The molecular weight excluding hydrogens is 292 g/mol. The molecular formula is C13H18N4O3S. The Bertz CT molecular complexity index is 710. The summed E-state index contributed by atoms with van der Waals surface area (Å²) >= 11 is 0. The van der Waals surface area contributed by atoms with Crippen molar-refractivity contribution in [2.45, 2.75) is 38.3 Å². The van der Waals surface area contributed by atoms with Crippen molar-refractivity contribution in [2.75, 3.05) is 0 Å². The van der Waals surface area contributed by atoms with Crippen molar-refractivity contribution in [3.8, 4) is 5.88 Å². The fraction of sp³-hybridized carbons (Fsp3) is 0.385. The average Bonchev–Trinajstić information content (AvgIpc) is 2.84. The van der Waals surface area contributed by atoms with Gasteiger partial charge in [-0.3, -0.25) is 5.10 Å². The monoisotopic (exact) mass is 310 g/mol. The lowest BCUT2D eigenvalue weighted by Gasteiger charge is -2.13. The van der Waals surface area contributed by atoms with Crippen molar-refractivity contribution in [3.63, 3.8) is 0 Å². The number of nitrogens with one attached hydrogen (secondary N) is 2. The summed E-state index contributed by atoms with van der Waals surface area (Å²) in [6.45, 7) is 5.52. The van der Waals surface area contributed by atoms with E-state index in [0.717, 1.165) is 0 Å². The van der Waals surface area contributed by atoms with E-state index < -0.39 is 10.0 Å². The molecule has 2 aromatic rings. The maximum Gasteiger partial charge on any atom is 0.244 e. The van der Waals surface area contributed by atoms with Gasteiger partial charge in [0.05, 0.1) is 18.0 Å². The number of rotatable bonds is 6. The Hall–Kier alpha value is -1.93. The number of sulfonamides is 1. The van der Waals surface area contributed by atoms with Gasteiger partial charge >= 0.3 is 0 Å². The number of hydrogen-bond donors (Lipinski definition) is 2. The molecule has 0 spiro atoms. The Labute approximate surface area is 123 Å². The van der Waals surface area contributed by atoms with Crippen LogP contribution in [-0.4, -0.2) is 29.7 Å². The Kier molecular flexibility index (Phi) is 4.59. The van der Waals surface area contributed by atoms with Gasteiger partial charge in [-0.2, -0.15) is 5.10 Å². The van der Waals surface area contributed by atoms with Crippen molar-refractivity contribution in [2.24, 2.45) is 0 Å². The van der Waals surface area contributed by atoms with E-state index in [1.807, 2.05) is 13.8 Å². The van der Waals surface area contributed by atoms with E-state index >= 15 is 0 Å². The summed E-state index contributed by atoms with van der Waals surface area (Å²) in [4.78, 5) is 4.26. The van der Waals surface area contributed by atoms with Crippen LogP contribution in [0, 0.1) is 6.92 Å². The lowest BCUT2D eigenvalue weighted by atomic mass is 10.3. The number of ether oxygens (including phenoxy) is 1. The standard InChI is InChI=1S/C13H18N4O3S/c1-9(2)20-13-11(5-4-6-14-13)7-16-21(18,19)12-8-15-17-10(12)3/h4-6,8-9,16H,7H2,1-3H3,(H,15,17). The summed E-state index contributed by atoms with van der Waals surface area (Å²) in [6, 6.07) is 3.51. The summed E-state index contributed by atoms with van der Waals surface area (Å²) in [5.41, 5.74) is 1.17. The molecule has 2 N–H and O–H groups in total. The molecule has 114 valence electrons. The molecule has 0 aliphatic rings. The molecule has 0 atom stereocenters. The third kappa shape index (κ3) is 3.79. The molecule has 0 saturated carbocycles. The van der Waals surface area contributed by atoms with Crippen molar-refractivity contribution in [1.82, 2.24) is 19.9 Å². The molecule has 2 heterocycles. The van der Waals surface area contributed by atoms with Crippen molar-refractivity contribution in [1.29, 1.82) is 0 Å². The quantitative estimate of drug-likeness (QED) is 0.840. The molecule has 8 heteroatoms. The zero-order valence-corrected chi connectivity index (χ0v) is 12.9. The number of H-pyrrole nitrogens is 1. The highest BCUT2D eigenvalue weighted by molar-refractivity contribution is 7.89. The van der Waals surface area contributed by atoms with Gasteiger partial charge in [-0.1, -0.05) is 6.07 Å². The van der Waals surface area contributed by atoms with Crippen LogP contribution in [0.15, 0.2) is 29.4 Å². The van der Waals surface area contributed by atoms with Gasteiger partial charge in [-0.05, 0) is 26.8 Å². The van der Waals surface area contributed by atoms with Crippen LogP contribution in [-0.2, 0) is 16.6 Å². The van der Waals surface area contributed by atoms with E-state index in [-0.39, 0.29) is 17.5 Å². The summed E-state index contributed by atoms with van der Waals surface area (Å²) in [7, 11) is -3.62. The van der Waals surface area contributed by atoms with E-state index in [2.05, 4.69) is 19.9 Å². The van der Waals surface area contributed by atoms with Gasteiger partial charge in [0.2, 0.25) is 15.9 Å². The van der Waals surface area contributed by atoms with E-state index in [0.29, 0.717) is 17.1 Å². The smallest absolute Gasteiger partial charge is 0.244 e. The first kappa shape index (κ1) is 15.5. The van der Waals surface area contributed by atoms with Gasteiger partial charge in [-0.15, -0.1) is 0 Å². The molecule has 2 rings (SSSR count). The Morgan fingerprint density at radius 3 is 2.81 bits per heavy atom. The molecule has 21 heavy (non-hydrogen) atoms. The summed E-state index contributed by atoms with van der Waals surface area (Å²) < 4.78 is 32.5. The number of pyridine rings is 1. The number of hydrogen-bond acceptors (Lipinski definition) is 5. The first-order chi connectivity index (χ1) is 9.90. The maximum atomic E-state index is 12.2. The first-order valence-corrected chi connectivity index (χ1v) is 7.98. The van der Waals surface area contributed by atoms with Crippen LogP contribution in [0.3, 0.4) is 0 Å². The molecule has 0 aliphatic carbocycles. The van der Waals surface area contributed by atoms with Gasteiger partial charge < -0.3 is 4.74 Å². The molecule has 0 fully saturated rings. The molecule has 7 nitrogen and oxygen atoms in total. The molecule has 0 radical (unpaired) electrons. The largest absolute Gasteiger partial charge is 0.475 e. The second-order valence-electron chi connectivity index (χ2n) is 4.82. The highest BCUT2D eigenvalue weighted by Crippen LogP contribution is 2.17. The molecule has 0 bridgehead atoms. The van der Waals surface area contributed by atoms with Gasteiger partial charge in [0, 0.05) is 18.3 Å². The van der Waals surface area contributed by atoms with Crippen molar-refractivity contribution >= 4 is 10.0 Å². The highest BCUT2D eigenvalue weighted by atomic mass is 32.2. The third-order valence-corrected chi connectivity index (χ3v) is 4.24. The third-order valence-electron chi connectivity index (χ3n) is 2.72.